The minimum absolute atomic E-state index is 0.103. The smallest absolute Gasteiger partial charge is 0.309 e. The van der Waals surface area contributed by atoms with Crippen molar-refractivity contribution in [3.63, 3.8) is 0 Å². The number of nitrogens with zero attached hydrogens (tertiary/aromatic N) is 1. The van der Waals surface area contributed by atoms with E-state index in [1.807, 2.05) is 45.2 Å². The first kappa shape index (κ1) is 14.6. The van der Waals surface area contributed by atoms with E-state index in [9.17, 15) is 9.90 Å². The molecule has 0 spiro atoms. The molecule has 1 aromatic carbocycles. The Hall–Kier alpha value is -0.840. The summed E-state index contributed by atoms with van der Waals surface area (Å²) in [5.74, 6) is -0.0420. The van der Waals surface area contributed by atoms with Crippen LogP contribution in [0.25, 0.3) is 11.4 Å². The third-order valence-electron chi connectivity index (χ3n) is 2.59. The molecule has 2 aromatic rings. The number of benzene rings is 1. The fraction of sp³-hybridized carbons (Fsp3) is 0.167. The molecule has 7 heteroatoms. The summed E-state index contributed by atoms with van der Waals surface area (Å²) in [5.41, 5.74) is 2.10. The molecule has 19 heavy (non-hydrogen) atoms. The number of aliphatic carboxylic acids is 1. The summed E-state index contributed by atoms with van der Waals surface area (Å²) in [4.78, 5) is 18.1. The van der Waals surface area contributed by atoms with Crippen molar-refractivity contribution in [3.05, 3.63) is 30.7 Å². The lowest BCUT2D eigenvalue weighted by molar-refractivity contribution is -0.136. The number of phenols is 1. The number of imidazole rings is 1. The van der Waals surface area contributed by atoms with Gasteiger partial charge in [0, 0.05) is 11.3 Å². The normalized spacial score (nSPS) is 10.7. The van der Waals surface area contributed by atoms with Crippen molar-refractivity contribution in [1.82, 2.24) is 9.97 Å². The quantitative estimate of drug-likeness (QED) is 0.586. The SMILES string of the molecule is Cc1[nH]c(-c2cc(I)c(O)c(I)c2)nc1CC(=O)O. The molecule has 0 amide bonds. The first-order valence-electron chi connectivity index (χ1n) is 5.34. The van der Waals surface area contributed by atoms with E-state index < -0.39 is 5.97 Å². The van der Waals surface area contributed by atoms with Gasteiger partial charge in [-0.25, -0.2) is 4.98 Å². The first-order valence-corrected chi connectivity index (χ1v) is 7.50. The second-order valence-corrected chi connectivity index (χ2v) is 6.34. The highest BCUT2D eigenvalue weighted by Gasteiger charge is 2.14. The number of aromatic hydroxyl groups is 1. The van der Waals surface area contributed by atoms with Gasteiger partial charge < -0.3 is 15.2 Å². The van der Waals surface area contributed by atoms with Crippen molar-refractivity contribution in [3.8, 4) is 17.1 Å². The molecule has 0 unspecified atom stereocenters. The standard InChI is InChI=1S/C12H10I2N2O3/c1-5-9(4-10(17)18)16-12(15-5)6-2-7(13)11(19)8(14)3-6/h2-3,19H,4H2,1H3,(H,15,16)(H,17,18). The number of hydrogen-bond donors (Lipinski definition) is 3. The molecule has 3 N–H and O–H groups in total. The van der Waals surface area contributed by atoms with E-state index >= 15 is 0 Å². The third kappa shape index (κ3) is 3.19. The lowest BCUT2D eigenvalue weighted by atomic mass is 10.2. The van der Waals surface area contributed by atoms with E-state index in [0.29, 0.717) is 11.5 Å². The Morgan fingerprint density at radius 2 is 1.95 bits per heavy atom. The zero-order chi connectivity index (χ0) is 14.2. The molecule has 0 aliphatic rings. The average Bonchev–Trinajstić information content (AvgIpc) is 2.66. The van der Waals surface area contributed by atoms with Crippen LogP contribution in [0.15, 0.2) is 12.1 Å². The van der Waals surface area contributed by atoms with Gasteiger partial charge in [-0.1, -0.05) is 0 Å². The summed E-state index contributed by atoms with van der Waals surface area (Å²) >= 11 is 4.09. The van der Waals surface area contributed by atoms with Crippen LogP contribution in [0.5, 0.6) is 5.75 Å². The lowest BCUT2D eigenvalue weighted by Gasteiger charge is -2.03. The van der Waals surface area contributed by atoms with E-state index in [2.05, 4.69) is 9.97 Å². The molecular weight excluding hydrogens is 474 g/mol. The number of aromatic amines is 1. The van der Waals surface area contributed by atoms with Gasteiger partial charge in [-0.3, -0.25) is 4.79 Å². The number of hydrogen-bond acceptors (Lipinski definition) is 3. The number of aromatic nitrogens is 2. The number of carboxylic acids is 1. The Balaban J connectivity index is 2.45. The van der Waals surface area contributed by atoms with E-state index in [0.717, 1.165) is 18.4 Å². The molecule has 0 aliphatic heterocycles. The highest BCUT2D eigenvalue weighted by Crippen LogP contribution is 2.31. The molecule has 0 bridgehead atoms. The minimum Gasteiger partial charge on any atom is -0.506 e. The molecular formula is C12H10I2N2O3. The molecule has 100 valence electrons. The van der Waals surface area contributed by atoms with Crippen molar-refractivity contribution < 1.29 is 15.0 Å². The van der Waals surface area contributed by atoms with Crippen LogP contribution < -0.4 is 0 Å². The van der Waals surface area contributed by atoms with Crippen molar-refractivity contribution in [1.29, 1.82) is 0 Å². The molecule has 0 saturated heterocycles. The van der Waals surface area contributed by atoms with Crippen LogP contribution in [-0.2, 0) is 11.2 Å². The zero-order valence-electron chi connectivity index (χ0n) is 9.87. The van der Waals surface area contributed by atoms with Gasteiger partial charge in [-0.05, 0) is 64.2 Å². The molecule has 1 aromatic heterocycles. The zero-order valence-corrected chi connectivity index (χ0v) is 14.2. The van der Waals surface area contributed by atoms with Crippen molar-refractivity contribution in [2.24, 2.45) is 0 Å². The number of carboxylic acid groups (broad SMARTS) is 1. The van der Waals surface area contributed by atoms with Crippen molar-refractivity contribution in [2.45, 2.75) is 13.3 Å². The van der Waals surface area contributed by atoms with Gasteiger partial charge in [0.2, 0.25) is 0 Å². The lowest BCUT2D eigenvalue weighted by Crippen LogP contribution is -2.01. The van der Waals surface area contributed by atoms with Crippen LogP contribution >= 0.6 is 45.2 Å². The van der Waals surface area contributed by atoms with Crippen LogP contribution in [-0.4, -0.2) is 26.2 Å². The molecule has 0 saturated carbocycles. The van der Waals surface area contributed by atoms with Gasteiger partial charge >= 0.3 is 5.97 Å². The first-order chi connectivity index (χ1) is 8.88. The second-order valence-electron chi connectivity index (χ2n) is 4.02. The van der Waals surface area contributed by atoms with Gasteiger partial charge in [-0.15, -0.1) is 0 Å². The Morgan fingerprint density at radius 1 is 1.37 bits per heavy atom. The predicted octanol–water partition coefficient (Wildman–Crippen LogP) is 2.93. The number of rotatable bonds is 3. The predicted molar refractivity (Wildman–Crippen MR) is 87.2 cm³/mol. The number of carbonyl (C=O) groups is 1. The van der Waals surface area contributed by atoms with Crippen LogP contribution in [0.3, 0.4) is 0 Å². The van der Waals surface area contributed by atoms with E-state index in [-0.39, 0.29) is 12.2 Å². The Kier molecular flexibility index (Phi) is 4.33. The van der Waals surface area contributed by atoms with E-state index in [4.69, 9.17) is 5.11 Å². The molecule has 0 fully saturated rings. The van der Waals surface area contributed by atoms with E-state index in [1.54, 1.807) is 19.1 Å². The average molecular weight is 484 g/mol. The molecule has 0 atom stereocenters. The second kappa shape index (κ2) is 5.65. The number of aryl methyl sites for hydroxylation is 1. The monoisotopic (exact) mass is 484 g/mol. The fourth-order valence-electron chi connectivity index (χ4n) is 1.65. The summed E-state index contributed by atoms with van der Waals surface area (Å²) in [6, 6.07) is 3.61. The molecule has 5 nitrogen and oxygen atoms in total. The van der Waals surface area contributed by atoms with E-state index in [1.165, 1.54) is 0 Å². The van der Waals surface area contributed by atoms with Crippen molar-refractivity contribution >= 4 is 51.2 Å². The van der Waals surface area contributed by atoms with Crippen molar-refractivity contribution in [2.75, 3.05) is 0 Å². The topological polar surface area (TPSA) is 86.2 Å². The number of nitrogens with one attached hydrogen (secondary N) is 1. The fourth-order valence-corrected chi connectivity index (χ4v) is 3.42. The Morgan fingerprint density at radius 3 is 2.47 bits per heavy atom. The number of phenolic OH excluding ortho intramolecular Hbond substituents is 1. The highest BCUT2D eigenvalue weighted by molar-refractivity contribution is 14.1. The van der Waals surface area contributed by atoms with Crippen LogP contribution in [0.4, 0.5) is 0 Å². The number of halogens is 2. The highest BCUT2D eigenvalue weighted by atomic mass is 127. The maximum Gasteiger partial charge on any atom is 0.309 e. The Labute approximate surface area is 136 Å². The van der Waals surface area contributed by atoms with Gasteiger partial charge in [0.05, 0.1) is 19.3 Å². The van der Waals surface area contributed by atoms with Gasteiger partial charge in [0.1, 0.15) is 11.6 Å². The van der Waals surface area contributed by atoms with Gasteiger partial charge in [-0.2, -0.15) is 0 Å². The molecule has 0 radical (unpaired) electrons. The summed E-state index contributed by atoms with van der Waals surface area (Å²) in [5, 5.41) is 18.5. The largest absolute Gasteiger partial charge is 0.506 e. The molecule has 0 aliphatic carbocycles. The van der Waals surface area contributed by atoms with Gasteiger partial charge in [0.25, 0.3) is 0 Å². The summed E-state index contributed by atoms with van der Waals surface area (Å²) in [6.07, 6.45) is -0.103. The maximum atomic E-state index is 10.7. The molecule has 1 heterocycles. The third-order valence-corrected chi connectivity index (χ3v) is 4.24. The minimum atomic E-state index is -0.906. The van der Waals surface area contributed by atoms with Gasteiger partial charge in [0.15, 0.2) is 0 Å². The maximum absolute atomic E-state index is 10.7. The molecule has 2 rings (SSSR count). The summed E-state index contributed by atoms with van der Waals surface area (Å²) < 4.78 is 1.46. The number of H-pyrrole nitrogens is 1. The van der Waals surface area contributed by atoms with Crippen LogP contribution in [0.1, 0.15) is 11.4 Å². The summed E-state index contributed by atoms with van der Waals surface area (Å²) in [6.45, 7) is 1.80. The Bertz CT molecular complexity index is 629. The van der Waals surface area contributed by atoms with Crippen LogP contribution in [0, 0.1) is 14.1 Å². The summed E-state index contributed by atoms with van der Waals surface area (Å²) in [7, 11) is 0. The van der Waals surface area contributed by atoms with Crippen LogP contribution in [0.2, 0.25) is 0 Å².